The van der Waals surface area contributed by atoms with E-state index in [1.54, 1.807) is 6.07 Å². The van der Waals surface area contributed by atoms with Gasteiger partial charge in [-0.15, -0.1) is 0 Å². The maximum atomic E-state index is 12.9. The van der Waals surface area contributed by atoms with Crippen molar-refractivity contribution in [2.24, 2.45) is 0 Å². The Labute approximate surface area is 130 Å². The molecule has 1 fully saturated rings. The molecule has 0 saturated heterocycles. The molecule has 0 amide bonds. The second-order valence-electron chi connectivity index (χ2n) is 5.10. The number of ketones is 1. The second-order valence-corrected chi connectivity index (χ2v) is 8.60. The monoisotopic (exact) mass is 350 g/mol. The van der Waals surface area contributed by atoms with Crippen LogP contribution in [0.5, 0.6) is 0 Å². The van der Waals surface area contributed by atoms with Crippen LogP contribution in [0.4, 0.5) is 0 Å². The van der Waals surface area contributed by atoms with Gasteiger partial charge in [0, 0.05) is 0 Å². The van der Waals surface area contributed by atoms with E-state index in [1.807, 2.05) is 36.4 Å². The fourth-order valence-electron chi connectivity index (χ4n) is 2.48. The van der Waals surface area contributed by atoms with Crippen LogP contribution in [0.15, 0.2) is 54.6 Å². The Morgan fingerprint density at radius 1 is 1.05 bits per heavy atom. The standard InChI is InChI=1S/C17H15ClOSe/c18-14-7-4-6-13(12-14)16(19)17(10-5-11-17)20-15-8-2-1-3-9-15/h1-4,6-9,12H,5,10-11H2. The van der Waals surface area contributed by atoms with E-state index >= 15 is 0 Å². The van der Waals surface area contributed by atoms with Gasteiger partial charge in [0.15, 0.2) is 0 Å². The molecule has 0 radical (unpaired) electrons. The molecule has 0 aliphatic heterocycles. The van der Waals surface area contributed by atoms with Crippen molar-refractivity contribution in [3.63, 3.8) is 0 Å². The molecule has 0 spiro atoms. The van der Waals surface area contributed by atoms with Crippen molar-refractivity contribution >= 4 is 36.8 Å². The summed E-state index contributed by atoms with van der Waals surface area (Å²) in [7, 11) is 0. The van der Waals surface area contributed by atoms with Gasteiger partial charge in [0.05, 0.1) is 0 Å². The summed E-state index contributed by atoms with van der Waals surface area (Å²) in [6, 6.07) is 17.7. The third kappa shape index (κ3) is 2.69. The van der Waals surface area contributed by atoms with E-state index in [0.717, 1.165) is 24.8 Å². The average molecular weight is 350 g/mol. The summed E-state index contributed by atoms with van der Waals surface area (Å²) in [5.74, 6) is 0.273. The predicted octanol–water partition coefficient (Wildman–Crippen LogP) is 3.90. The van der Waals surface area contributed by atoms with Crippen molar-refractivity contribution in [3.8, 4) is 0 Å². The molecule has 2 aromatic rings. The number of carbonyl (C=O) groups excluding carboxylic acids is 1. The van der Waals surface area contributed by atoms with Crippen LogP contribution < -0.4 is 4.46 Å². The average Bonchev–Trinajstić information content (AvgIpc) is 2.43. The Morgan fingerprint density at radius 3 is 2.40 bits per heavy atom. The molecular formula is C17H15ClOSe. The first-order chi connectivity index (χ1) is 9.70. The van der Waals surface area contributed by atoms with Gasteiger partial charge in [-0.1, -0.05) is 0 Å². The minimum absolute atomic E-state index is 0.154. The van der Waals surface area contributed by atoms with Crippen LogP contribution in [-0.2, 0) is 0 Å². The number of Topliss-reactive ketones (excluding diaryl/α,β-unsaturated/α-hetero) is 1. The van der Waals surface area contributed by atoms with Crippen molar-refractivity contribution in [2.75, 3.05) is 0 Å². The van der Waals surface area contributed by atoms with E-state index in [1.165, 1.54) is 4.46 Å². The van der Waals surface area contributed by atoms with Crippen LogP contribution in [0.2, 0.25) is 9.34 Å². The molecule has 0 heterocycles. The van der Waals surface area contributed by atoms with Crippen LogP contribution in [0.25, 0.3) is 0 Å². The number of hydrogen-bond donors (Lipinski definition) is 0. The topological polar surface area (TPSA) is 17.1 Å². The first kappa shape index (κ1) is 13.9. The molecule has 102 valence electrons. The Balaban J connectivity index is 1.87. The maximum absolute atomic E-state index is 12.9. The van der Waals surface area contributed by atoms with Crippen LogP contribution in [0.3, 0.4) is 0 Å². The van der Waals surface area contributed by atoms with E-state index < -0.39 is 0 Å². The third-order valence-electron chi connectivity index (χ3n) is 3.72. The van der Waals surface area contributed by atoms with Gasteiger partial charge < -0.3 is 0 Å². The van der Waals surface area contributed by atoms with E-state index in [-0.39, 0.29) is 25.1 Å². The fourth-order valence-corrected chi connectivity index (χ4v) is 5.71. The Morgan fingerprint density at radius 2 is 1.80 bits per heavy atom. The van der Waals surface area contributed by atoms with Gasteiger partial charge in [0.2, 0.25) is 0 Å². The predicted molar refractivity (Wildman–Crippen MR) is 84.2 cm³/mol. The first-order valence-corrected chi connectivity index (χ1v) is 8.83. The first-order valence-electron chi connectivity index (χ1n) is 6.74. The van der Waals surface area contributed by atoms with Crippen molar-refractivity contribution in [3.05, 3.63) is 65.2 Å². The van der Waals surface area contributed by atoms with E-state index in [0.29, 0.717) is 5.02 Å². The zero-order chi connectivity index (χ0) is 14.0. The summed E-state index contributed by atoms with van der Waals surface area (Å²) in [5.41, 5.74) is 0.759. The van der Waals surface area contributed by atoms with Crippen molar-refractivity contribution in [2.45, 2.75) is 23.6 Å². The molecule has 1 aliphatic rings. The molecular weight excluding hydrogens is 335 g/mol. The van der Waals surface area contributed by atoms with Crippen molar-refractivity contribution < 1.29 is 4.79 Å². The minimum atomic E-state index is -0.154. The Hall–Kier alpha value is -1.08. The molecule has 20 heavy (non-hydrogen) atoms. The van der Waals surface area contributed by atoms with Crippen LogP contribution >= 0.6 is 11.6 Å². The van der Waals surface area contributed by atoms with Crippen molar-refractivity contribution in [1.82, 2.24) is 0 Å². The summed E-state index contributed by atoms with van der Waals surface area (Å²) in [5, 5.41) is 0.637. The number of halogens is 1. The van der Waals surface area contributed by atoms with Gasteiger partial charge >= 0.3 is 130 Å². The van der Waals surface area contributed by atoms with Crippen LogP contribution in [0.1, 0.15) is 29.6 Å². The molecule has 3 heteroatoms. The number of carbonyl (C=O) groups is 1. The molecule has 0 unspecified atom stereocenters. The van der Waals surface area contributed by atoms with Crippen LogP contribution in [0, 0.1) is 0 Å². The molecule has 1 nitrogen and oxygen atoms in total. The van der Waals surface area contributed by atoms with E-state index in [2.05, 4.69) is 12.1 Å². The van der Waals surface area contributed by atoms with E-state index in [9.17, 15) is 4.79 Å². The molecule has 1 saturated carbocycles. The molecule has 0 atom stereocenters. The second kappa shape index (κ2) is 5.73. The van der Waals surface area contributed by atoms with Gasteiger partial charge in [-0.3, -0.25) is 0 Å². The third-order valence-corrected chi connectivity index (χ3v) is 7.08. The fraction of sp³-hybridized carbons (Fsp3) is 0.235. The summed E-state index contributed by atoms with van der Waals surface area (Å²) in [4.78, 5) is 12.9. The molecule has 3 rings (SSSR count). The van der Waals surface area contributed by atoms with Gasteiger partial charge in [-0.25, -0.2) is 0 Å². The number of rotatable bonds is 4. The molecule has 1 aliphatic carbocycles. The number of benzene rings is 2. The normalized spacial score (nSPS) is 16.4. The molecule has 0 aromatic heterocycles. The zero-order valence-electron chi connectivity index (χ0n) is 11.0. The van der Waals surface area contributed by atoms with Gasteiger partial charge in [0.1, 0.15) is 0 Å². The summed E-state index contributed by atoms with van der Waals surface area (Å²) in [6.45, 7) is 0. The summed E-state index contributed by atoms with van der Waals surface area (Å²) in [6.07, 6.45) is 3.17. The summed E-state index contributed by atoms with van der Waals surface area (Å²) < 4.78 is 1.15. The molecule has 0 N–H and O–H groups in total. The van der Waals surface area contributed by atoms with Gasteiger partial charge in [0.25, 0.3) is 0 Å². The Bertz CT molecular complexity index is 620. The SMILES string of the molecule is O=C(c1cccc(Cl)c1)C1([Se]c2ccccc2)CCC1. The van der Waals surface area contributed by atoms with Crippen LogP contribution in [-0.4, -0.2) is 20.7 Å². The molecule has 2 aromatic carbocycles. The van der Waals surface area contributed by atoms with Gasteiger partial charge in [-0.05, 0) is 0 Å². The van der Waals surface area contributed by atoms with E-state index in [4.69, 9.17) is 11.6 Å². The zero-order valence-corrected chi connectivity index (χ0v) is 13.5. The van der Waals surface area contributed by atoms with Crippen molar-refractivity contribution in [1.29, 1.82) is 0 Å². The number of hydrogen-bond acceptors (Lipinski definition) is 1. The Kier molecular flexibility index (Phi) is 3.98. The quantitative estimate of drug-likeness (QED) is 0.604. The molecule has 0 bridgehead atoms. The summed E-state index contributed by atoms with van der Waals surface area (Å²) >= 11 is 6.20. The van der Waals surface area contributed by atoms with Gasteiger partial charge in [-0.2, -0.15) is 0 Å².